The van der Waals surface area contributed by atoms with E-state index in [2.05, 4.69) is 35.8 Å². The molecule has 2 amide bonds. The zero-order chi connectivity index (χ0) is 18.0. The van der Waals surface area contributed by atoms with Crippen molar-refractivity contribution in [2.75, 3.05) is 13.2 Å². The van der Waals surface area contributed by atoms with Gasteiger partial charge in [0.1, 0.15) is 0 Å². The molecule has 1 saturated heterocycles. The maximum Gasteiger partial charge on any atom is 0.315 e. The van der Waals surface area contributed by atoms with Crippen molar-refractivity contribution in [3.05, 3.63) is 34.9 Å². The van der Waals surface area contributed by atoms with Crippen molar-refractivity contribution in [3.63, 3.8) is 0 Å². The number of nitrogens with one attached hydrogen (secondary N) is 2. The summed E-state index contributed by atoms with van der Waals surface area (Å²) in [5.41, 5.74) is 4.12. The molecule has 2 aliphatic carbocycles. The van der Waals surface area contributed by atoms with Gasteiger partial charge in [-0.1, -0.05) is 18.2 Å². The first-order chi connectivity index (χ1) is 12.6. The lowest BCUT2D eigenvalue weighted by molar-refractivity contribution is -0.179. The Labute approximate surface area is 155 Å². The Balaban J connectivity index is 1.28. The number of hydrogen-bond acceptors (Lipinski definition) is 3. The average Bonchev–Trinajstić information content (AvgIpc) is 3.11. The third-order valence-electron chi connectivity index (χ3n) is 6.12. The molecule has 2 N–H and O–H groups in total. The summed E-state index contributed by atoms with van der Waals surface area (Å²) in [6, 6.07) is 6.81. The fourth-order valence-corrected chi connectivity index (χ4v) is 4.52. The van der Waals surface area contributed by atoms with E-state index in [-0.39, 0.29) is 23.9 Å². The third-order valence-corrected chi connectivity index (χ3v) is 6.12. The maximum absolute atomic E-state index is 12.4. The molecule has 1 saturated carbocycles. The number of rotatable bonds is 3. The van der Waals surface area contributed by atoms with Crippen molar-refractivity contribution >= 4 is 6.03 Å². The van der Waals surface area contributed by atoms with E-state index in [1.54, 1.807) is 0 Å². The van der Waals surface area contributed by atoms with Gasteiger partial charge in [0, 0.05) is 18.9 Å². The fourth-order valence-electron chi connectivity index (χ4n) is 4.52. The van der Waals surface area contributed by atoms with Gasteiger partial charge in [0.2, 0.25) is 0 Å². The number of carbonyl (C=O) groups excluding carboxylic acids is 1. The molecule has 4 rings (SSSR count). The first kappa shape index (κ1) is 17.8. The molecule has 5 heteroatoms. The van der Waals surface area contributed by atoms with Gasteiger partial charge < -0.3 is 20.1 Å². The number of carbonyl (C=O) groups is 1. The number of ether oxygens (including phenoxy) is 2. The van der Waals surface area contributed by atoms with E-state index in [9.17, 15) is 4.79 Å². The predicted octanol–water partition coefficient (Wildman–Crippen LogP) is 3.61. The first-order valence-electron chi connectivity index (χ1n) is 10.1. The van der Waals surface area contributed by atoms with Crippen LogP contribution in [0, 0.1) is 0 Å². The van der Waals surface area contributed by atoms with E-state index in [1.807, 2.05) is 0 Å². The smallest absolute Gasteiger partial charge is 0.315 e. The second kappa shape index (κ2) is 7.57. The highest BCUT2D eigenvalue weighted by molar-refractivity contribution is 5.74. The molecule has 3 aliphatic rings. The zero-order valence-corrected chi connectivity index (χ0v) is 15.7. The summed E-state index contributed by atoms with van der Waals surface area (Å²) in [5.74, 6) is -0.370. The molecular formula is C21H30N2O3. The summed E-state index contributed by atoms with van der Waals surface area (Å²) < 4.78 is 11.5. The largest absolute Gasteiger partial charge is 0.348 e. The highest BCUT2D eigenvalue weighted by Crippen LogP contribution is 2.35. The molecule has 1 aromatic carbocycles. The Morgan fingerprint density at radius 3 is 2.54 bits per heavy atom. The summed E-state index contributed by atoms with van der Waals surface area (Å²) in [6.45, 7) is 3.44. The molecule has 2 fully saturated rings. The Morgan fingerprint density at radius 2 is 1.81 bits per heavy atom. The molecule has 1 spiro atoms. The molecular weight excluding hydrogens is 328 g/mol. The molecule has 5 nitrogen and oxygen atoms in total. The highest BCUT2D eigenvalue weighted by atomic mass is 16.7. The van der Waals surface area contributed by atoms with Gasteiger partial charge in [-0.05, 0) is 62.1 Å². The Hall–Kier alpha value is -1.59. The number of aryl methyl sites for hydroxylation is 2. The quantitative estimate of drug-likeness (QED) is 0.868. The Bertz CT molecular complexity index is 645. The number of amides is 2. The number of benzene rings is 1. The van der Waals surface area contributed by atoms with Gasteiger partial charge >= 0.3 is 6.03 Å². The summed E-state index contributed by atoms with van der Waals surface area (Å²) in [7, 11) is 0. The van der Waals surface area contributed by atoms with Gasteiger partial charge in [-0.25, -0.2) is 4.79 Å². The van der Waals surface area contributed by atoms with E-state index in [0.717, 1.165) is 32.1 Å². The molecule has 0 bridgehead atoms. The Kier molecular flexibility index (Phi) is 5.18. The minimum absolute atomic E-state index is 0.0126. The minimum Gasteiger partial charge on any atom is -0.348 e. The van der Waals surface area contributed by atoms with Crippen molar-refractivity contribution < 1.29 is 14.3 Å². The average molecular weight is 358 g/mol. The monoisotopic (exact) mass is 358 g/mol. The van der Waals surface area contributed by atoms with Crippen molar-refractivity contribution in [3.8, 4) is 0 Å². The molecule has 1 heterocycles. The van der Waals surface area contributed by atoms with Crippen LogP contribution in [0.4, 0.5) is 4.79 Å². The van der Waals surface area contributed by atoms with Crippen LogP contribution >= 0.6 is 0 Å². The lowest BCUT2D eigenvalue weighted by Crippen LogP contribution is -2.47. The summed E-state index contributed by atoms with van der Waals surface area (Å²) >= 11 is 0. The standard InChI is InChI=1S/C21H30N2O3/c1-15(17-7-6-16-4-2-3-5-18(16)14-17)22-20(24)23-19-8-10-21(11-9-19)25-12-13-26-21/h6-7,14-15,19H,2-5,8-13H2,1H3,(H2,22,23,24)/t15-/m1/s1. The SMILES string of the molecule is C[C@@H](NC(=O)NC1CCC2(CC1)OCCO2)c1ccc2c(c1)CCCC2. The van der Waals surface area contributed by atoms with Gasteiger partial charge in [-0.15, -0.1) is 0 Å². The lowest BCUT2D eigenvalue weighted by atomic mass is 9.89. The van der Waals surface area contributed by atoms with Crippen LogP contribution in [0.25, 0.3) is 0 Å². The zero-order valence-electron chi connectivity index (χ0n) is 15.7. The van der Waals surface area contributed by atoms with Crippen molar-refractivity contribution in [2.24, 2.45) is 0 Å². The second-order valence-electron chi connectivity index (χ2n) is 7.96. The predicted molar refractivity (Wildman–Crippen MR) is 100 cm³/mol. The van der Waals surface area contributed by atoms with Crippen LogP contribution in [-0.4, -0.2) is 31.1 Å². The molecule has 1 aromatic rings. The van der Waals surface area contributed by atoms with E-state index in [4.69, 9.17) is 9.47 Å². The molecule has 142 valence electrons. The van der Waals surface area contributed by atoms with Gasteiger partial charge in [-0.2, -0.15) is 0 Å². The molecule has 26 heavy (non-hydrogen) atoms. The molecule has 0 radical (unpaired) electrons. The third kappa shape index (κ3) is 3.89. The molecule has 1 atom stereocenters. The number of fused-ring (bicyclic) bond motifs is 1. The van der Waals surface area contributed by atoms with Crippen LogP contribution in [0.5, 0.6) is 0 Å². The van der Waals surface area contributed by atoms with E-state index in [0.29, 0.717) is 13.2 Å². The van der Waals surface area contributed by atoms with Crippen LogP contribution in [0.3, 0.4) is 0 Å². The second-order valence-corrected chi connectivity index (χ2v) is 7.96. The fraction of sp³-hybridized carbons (Fsp3) is 0.667. The Morgan fingerprint density at radius 1 is 1.12 bits per heavy atom. The summed E-state index contributed by atoms with van der Waals surface area (Å²) in [5, 5.41) is 6.23. The van der Waals surface area contributed by atoms with Crippen molar-refractivity contribution in [2.45, 2.75) is 76.2 Å². The molecule has 0 unspecified atom stereocenters. The van der Waals surface area contributed by atoms with Gasteiger partial charge in [0.05, 0.1) is 19.3 Å². The van der Waals surface area contributed by atoms with E-state index >= 15 is 0 Å². The van der Waals surface area contributed by atoms with Crippen LogP contribution in [0.2, 0.25) is 0 Å². The van der Waals surface area contributed by atoms with Crippen molar-refractivity contribution in [1.29, 1.82) is 0 Å². The normalized spacial score (nSPS) is 23.4. The first-order valence-corrected chi connectivity index (χ1v) is 10.1. The number of hydrogen-bond donors (Lipinski definition) is 2. The van der Waals surface area contributed by atoms with Crippen molar-refractivity contribution in [1.82, 2.24) is 10.6 Å². The minimum atomic E-state index is -0.370. The van der Waals surface area contributed by atoms with E-state index < -0.39 is 0 Å². The summed E-state index contributed by atoms with van der Waals surface area (Å²) in [4.78, 5) is 12.4. The van der Waals surface area contributed by atoms with Gasteiger partial charge in [0.15, 0.2) is 5.79 Å². The van der Waals surface area contributed by atoms with Crippen LogP contribution in [0.1, 0.15) is 68.2 Å². The molecule has 0 aromatic heterocycles. The lowest BCUT2D eigenvalue weighted by Gasteiger charge is -2.35. The van der Waals surface area contributed by atoms with Gasteiger partial charge in [0.25, 0.3) is 0 Å². The van der Waals surface area contributed by atoms with Crippen LogP contribution < -0.4 is 10.6 Å². The van der Waals surface area contributed by atoms with Gasteiger partial charge in [-0.3, -0.25) is 0 Å². The molecule has 1 aliphatic heterocycles. The van der Waals surface area contributed by atoms with Crippen LogP contribution in [0.15, 0.2) is 18.2 Å². The maximum atomic E-state index is 12.4. The number of urea groups is 1. The topological polar surface area (TPSA) is 59.6 Å². The van der Waals surface area contributed by atoms with E-state index in [1.165, 1.54) is 36.0 Å². The van der Waals surface area contributed by atoms with Crippen LogP contribution in [-0.2, 0) is 22.3 Å². The highest BCUT2D eigenvalue weighted by Gasteiger charge is 2.40. The summed E-state index contributed by atoms with van der Waals surface area (Å²) in [6.07, 6.45) is 8.44.